The summed E-state index contributed by atoms with van der Waals surface area (Å²) in [5.74, 6) is 7.83. The zero-order chi connectivity index (χ0) is 21.9. The number of rotatable bonds is 10. The number of ether oxygens (including phenoxy) is 1. The van der Waals surface area contributed by atoms with Crippen LogP contribution in [0.5, 0.6) is 0 Å². The Hall–Kier alpha value is -3.05. The highest BCUT2D eigenvalue weighted by atomic mass is 32.2. The molecule has 3 aromatic rings. The molecule has 0 aliphatic heterocycles. The number of anilines is 2. The summed E-state index contributed by atoms with van der Waals surface area (Å²) in [6.07, 6.45) is 3.26. The fourth-order valence-electron chi connectivity index (χ4n) is 2.68. The average molecular weight is 449 g/mol. The summed E-state index contributed by atoms with van der Waals surface area (Å²) in [6.45, 7) is 6.58. The molecule has 31 heavy (non-hydrogen) atoms. The van der Waals surface area contributed by atoms with E-state index >= 15 is 0 Å². The third kappa shape index (κ3) is 7.00. The van der Waals surface area contributed by atoms with Crippen LogP contribution in [0.4, 0.5) is 11.5 Å². The van der Waals surface area contributed by atoms with E-state index in [1.54, 1.807) is 43.4 Å². The topological polar surface area (TPSA) is 59.1 Å². The third-order valence-electron chi connectivity index (χ3n) is 4.22. The van der Waals surface area contributed by atoms with Crippen LogP contribution in [-0.2, 0) is 17.0 Å². The second-order valence-electron chi connectivity index (χ2n) is 6.38. The number of thiophene rings is 1. The van der Waals surface area contributed by atoms with Crippen LogP contribution in [0.1, 0.15) is 23.1 Å². The molecular weight excluding hydrogens is 424 g/mol. The van der Waals surface area contributed by atoms with E-state index in [2.05, 4.69) is 68.1 Å². The molecule has 0 fully saturated rings. The molecule has 2 aromatic heterocycles. The van der Waals surface area contributed by atoms with Crippen molar-refractivity contribution in [3.8, 4) is 11.8 Å². The molecule has 7 heteroatoms. The van der Waals surface area contributed by atoms with Gasteiger partial charge < -0.3 is 10.1 Å². The summed E-state index contributed by atoms with van der Waals surface area (Å²) in [5.41, 5.74) is 3.60. The Labute approximate surface area is 191 Å². The van der Waals surface area contributed by atoms with E-state index < -0.39 is 0 Å². The number of nitrogens with one attached hydrogen (secondary N) is 2. The maximum absolute atomic E-state index is 5.29. The standard InChI is InChI=1S/C24H24N4OS2/c1-4-5-11-22(18(2)29-3)23-14-24(26-17-25-23)28-20-9-6-8-19(13-20)16-31-27-15-21-10-7-12-30-21/h6-14,17,27H,2,15-16H2,1,3H3,(H,25,26,28)/b22-11+. The Bertz CT molecular complexity index is 1100. The zero-order valence-electron chi connectivity index (χ0n) is 17.5. The number of methoxy groups -OCH3 is 1. The molecule has 158 valence electrons. The lowest BCUT2D eigenvalue weighted by molar-refractivity contribution is 0.312. The van der Waals surface area contributed by atoms with Gasteiger partial charge in [0.25, 0.3) is 0 Å². The summed E-state index contributed by atoms with van der Waals surface area (Å²) in [5, 5.41) is 5.45. The number of allylic oxidation sites excluding steroid dienone is 2. The third-order valence-corrected chi connectivity index (χ3v) is 5.92. The minimum Gasteiger partial charge on any atom is -0.497 e. The fraction of sp³-hybridized carbons (Fsp3) is 0.167. The monoisotopic (exact) mass is 448 g/mol. The van der Waals surface area contributed by atoms with E-state index in [4.69, 9.17) is 4.74 Å². The van der Waals surface area contributed by atoms with Crippen molar-refractivity contribution >= 4 is 40.4 Å². The van der Waals surface area contributed by atoms with Crippen LogP contribution in [0.15, 0.2) is 72.6 Å². The van der Waals surface area contributed by atoms with Crippen LogP contribution in [0.2, 0.25) is 0 Å². The van der Waals surface area contributed by atoms with Gasteiger partial charge in [-0.15, -0.1) is 17.3 Å². The van der Waals surface area contributed by atoms with Gasteiger partial charge in [-0.05, 0) is 36.1 Å². The Morgan fingerprint density at radius 1 is 1.26 bits per heavy atom. The molecule has 0 saturated carbocycles. The van der Waals surface area contributed by atoms with E-state index in [-0.39, 0.29) is 0 Å². The molecule has 0 bridgehead atoms. The molecule has 0 radical (unpaired) electrons. The van der Waals surface area contributed by atoms with Crippen LogP contribution < -0.4 is 10.0 Å². The van der Waals surface area contributed by atoms with Crippen LogP contribution in [0, 0.1) is 11.8 Å². The van der Waals surface area contributed by atoms with Crippen molar-refractivity contribution in [2.45, 2.75) is 19.2 Å². The van der Waals surface area contributed by atoms with E-state index in [0.29, 0.717) is 17.3 Å². The van der Waals surface area contributed by atoms with Crippen LogP contribution in [0.25, 0.3) is 5.57 Å². The van der Waals surface area contributed by atoms with Crippen molar-refractivity contribution in [1.29, 1.82) is 0 Å². The number of hydrogen-bond acceptors (Lipinski definition) is 7. The molecule has 0 aliphatic carbocycles. The number of benzene rings is 1. The molecule has 0 atom stereocenters. The predicted octanol–water partition coefficient (Wildman–Crippen LogP) is 5.79. The number of hydrogen-bond donors (Lipinski definition) is 2. The number of aromatic nitrogens is 2. The minimum atomic E-state index is 0.501. The minimum absolute atomic E-state index is 0.501. The van der Waals surface area contributed by atoms with Crippen LogP contribution in [-0.4, -0.2) is 17.1 Å². The first-order chi connectivity index (χ1) is 15.2. The lowest BCUT2D eigenvalue weighted by atomic mass is 10.1. The van der Waals surface area contributed by atoms with Gasteiger partial charge in [-0.2, -0.15) is 0 Å². The van der Waals surface area contributed by atoms with Crippen molar-refractivity contribution in [1.82, 2.24) is 14.7 Å². The Balaban J connectivity index is 1.65. The molecule has 3 rings (SSSR count). The second kappa shape index (κ2) is 12.0. The first kappa shape index (κ1) is 22.6. The molecule has 0 spiro atoms. The van der Waals surface area contributed by atoms with Crippen molar-refractivity contribution < 1.29 is 4.74 Å². The molecule has 0 saturated heterocycles. The van der Waals surface area contributed by atoms with Gasteiger partial charge in [-0.25, -0.2) is 9.97 Å². The maximum Gasteiger partial charge on any atom is 0.134 e. The molecular formula is C24H24N4OS2. The van der Waals surface area contributed by atoms with Gasteiger partial charge in [-0.3, -0.25) is 4.72 Å². The van der Waals surface area contributed by atoms with Gasteiger partial charge in [0.05, 0.1) is 18.4 Å². The predicted molar refractivity (Wildman–Crippen MR) is 132 cm³/mol. The molecule has 5 nitrogen and oxygen atoms in total. The smallest absolute Gasteiger partial charge is 0.134 e. The first-order valence-electron chi connectivity index (χ1n) is 9.60. The normalized spacial score (nSPS) is 10.8. The van der Waals surface area contributed by atoms with Gasteiger partial charge >= 0.3 is 0 Å². The fourth-order valence-corrected chi connectivity index (χ4v) is 4.12. The molecule has 1 aromatic carbocycles. The molecule has 0 aliphatic rings. The SMILES string of the molecule is C=C(OC)/C(=C\C#CC)c1cc(Nc2cccc(CSNCc3cccs3)c2)ncn1. The Kier molecular flexibility index (Phi) is 8.73. The lowest BCUT2D eigenvalue weighted by Crippen LogP contribution is -2.02. The van der Waals surface area contributed by atoms with Gasteiger partial charge in [-0.1, -0.05) is 42.6 Å². The Morgan fingerprint density at radius 2 is 2.16 bits per heavy atom. The van der Waals surface area contributed by atoms with Crippen molar-refractivity contribution in [2.75, 3.05) is 12.4 Å². The summed E-state index contributed by atoms with van der Waals surface area (Å²) < 4.78 is 8.70. The molecule has 2 N–H and O–H groups in total. The summed E-state index contributed by atoms with van der Waals surface area (Å²) >= 11 is 3.46. The van der Waals surface area contributed by atoms with Gasteiger partial charge in [0.2, 0.25) is 0 Å². The van der Waals surface area contributed by atoms with E-state index in [1.165, 1.54) is 16.8 Å². The second-order valence-corrected chi connectivity index (χ2v) is 8.28. The quantitative estimate of drug-likeness (QED) is 0.135. The zero-order valence-corrected chi connectivity index (χ0v) is 19.1. The highest BCUT2D eigenvalue weighted by Gasteiger charge is 2.09. The van der Waals surface area contributed by atoms with Gasteiger partial charge in [0.15, 0.2) is 0 Å². The van der Waals surface area contributed by atoms with Crippen LogP contribution in [0.3, 0.4) is 0 Å². The van der Waals surface area contributed by atoms with Gasteiger partial charge in [0, 0.05) is 35.0 Å². The largest absolute Gasteiger partial charge is 0.497 e. The Morgan fingerprint density at radius 3 is 2.94 bits per heavy atom. The van der Waals surface area contributed by atoms with Crippen molar-refractivity contribution in [2.24, 2.45) is 0 Å². The highest BCUT2D eigenvalue weighted by Crippen LogP contribution is 2.24. The van der Waals surface area contributed by atoms with Crippen molar-refractivity contribution in [3.05, 3.63) is 88.7 Å². The van der Waals surface area contributed by atoms with Gasteiger partial charge in [0.1, 0.15) is 17.9 Å². The summed E-state index contributed by atoms with van der Waals surface area (Å²) in [4.78, 5) is 10.0. The van der Waals surface area contributed by atoms with E-state index in [1.807, 2.05) is 18.2 Å². The highest BCUT2D eigenvalue weighted by molar-refractivity contribution is 7.96. The summed E-state index contributed by atoms with van der Waals surface area (Å²) in [7, 11) is 1.58. The van der Waals surface area contributed by atoms with Crippen LogP contribution >= 0.6 is 23.3 Å². The first-order valence-corrected chi connectivity index (χ1v) is 11.5. The molecule has 0 unspecified atom stereocenters. The summed E-state index contributed by atoms with van der Waals surface area (Å²) in [6, 6.07) is 14.4. The van der Waals surface area contributed by atoms with Crippen molar-refractivity contribution in [3.63, 3.8) is 0 Å². The van der Waals surface area contributed by atoms with E-state index in [9.17, 15) is 0 Å². The maximum atomic E-state index is 5.29. The van der Waals surface area contributed by atoms with E-state index in [0.717, 1.165) is 23.6 Å². The lowest BCUT2D eigenvalue weighted by Gasteiger charge is -2.11. The molecule has 0 amide bonds. The molecule has 2 heterocycles. The number of nitrogens with zero attached hydrogens (tertiary/aromatic N) is 2. The average Bonchev–Trinajstić information content (AvgIpc) is 3.31.